The largest absolute Gasteiger partial charge is 0.476 e. The first-order valence-corrected chi connectivity index (χ1v) is 4.41. The second-order valence-electron chi connectivity index (χ2n) is 3.61. The lowest BCUT2D eigenvalue weighted by molar-refractivity contribution is 0.0398. The second-order valence-corrected chi connectivity index (χ2v) is 3.61. The summed E-state index contributed by atoms with van der Waals surface area (Å²) in [5.74, 6) is -1.14. The molecule has 1 heterocycles. The molecule has 0 unspecified atom stereocenters. The molecular formula is C8H10FN3O2. The molecule has 5 nitrogen and oxygen atoms in total. The van der Waals surface area contributed by atoms with Crippen molar-refractivity contribution >= 4 is 5.97 Å². The van der Waals surface area contributed by atoms with E-state index in [2.05, 4.69) is 10.3 Å². The Kier molecular flexibility index (Phi) is 1.98. The molecule has 1 aliphatic rings. The monoisotopic (exact) mass is 199 g/mol. The van der Waals surface area contributed by atoms with Crippen molar-refractivity contribution in [3.8, 4) is 0 Å². The van der Waals surface area contributed by atoms with Crippen molar-refractivity contribution in [2.75, 3.05) is 0 Å². The first-order valence-electron chi connectivity index (χ1n) is 4.41. The first kappa shape index (κ1) is 9.11. The van der Waals surface area contributed by atoms with Crippen molar-refractivity contribution in [2.24, 2.45) is 0 Å². The molecule has 2 rings (SSSR count). The summed E-state index contributed by atoms with van der Waals surface area (Å²) in [6.07, 6.45) is 3.18. The number of carboxylic acids is 1. The maximum atomic E-state index is 13.6. The average Bonchev–Trinajstić information content (AvgIpc) is 2.50. The van der Waals surface area contributed by atoms with E-state index in [-0.39, 0.29) is 12.2 Å². The van der Waals surface area contributed by atoms with E-state index in [1.807, 2.05) is 0 Å². The first-order chi connectivity index (χ1) is 6.59. The van der Waals surface area contributed by atoms with Gasteiger partial charge in [-0.3, -0.25) is 0 Å². The molecule has 6 heteroatoms. The highest BCUT2D eigenvalue weighted by molar-refractivity contribution is 5.84. The van der Waals surface area contributed by atoms with E-state index in [0.717, 1.165) is 6.42 Å². The van der Waals surface area contributed by atoms with Gasteiger partial charge in [0.15, 0.2) is 5.69 Å². The molecule has 0 spiro atoms. The lowest BCUT2D eigenvalue weighted by Crippen LogP contribution is -2.36. The summed E-state index contributed by atoms with van der Waals surface area (Å²) in [4.78, 5) is 10.5. The van der Waals surface area contributed by atoms with Crippen LogP contribution in [-0.4, -0.2) is 31.7 Å². The zero-order chi connectivity index (χ0) is 10.2. The van der Waals surface area contributed by atoms with Crippen molar-refractivity contribution in [3.05, 3.63) is 11.9 Å². The standard InChI is InChI=1S/C8H10FN3O2/c9-8(2-1-3-8)5-12-4-6(7(13)14)10-11-12/h4H,1-3,5H2,(H,13,14). The molecule has 76 valence electrons. The van der Waals surface area contributed by atoms with E-state index in [1.165, 1.54) is 10.9 Å². The Morgan fingerprint density at radius 1 is 1.71 bits per heavy atom. The van der Waals surface area contributed by atoms with Crippen molar-refractivity contribution in [1.29, 1.82) is 0 Å². The normalized spacial score (nSPS) is 18.9. The molecule has 0 saturated heterocycles. The minimum absolute atomic E-state index is 0.104. The molecule has 1 aliphatic carbocycles. The Morgan fingerprint density at radius 3 is 2.86 bits per heavy atom. The van der Waals surface area contributed by atoms with E-state index in [4.69, 9.17) is 5.11 Å². The van der Waals surface area contributed by atoms with Gasteiger partial charge in [0.25, 0.3) is 0 Å². The van der Waals surface area contributed by atoms with Crippen LogP contribution in [0, 0.1) is 0 Å². The Morgan fingerprint density at radius 2 is 2.43 bits per heavy atom. The summed E-state index contributed by atoms with van der Waals surface area (Å²) in [6, 6.07) is 0. The van der Waals surface area contributed by atoms with Crippen LogP contribution in [0.3, 0.4) is 0 Å². The summed E-state index contributed by atoms with van der Waals surface area (Å²) in [5.41, 5.74) is -1.35. The highest BCUT2D eigenvalue weighted by atomic mass is 19.1. The number of alkyl halides is 1. The molecule has 1 aromatic heterocycles. The number of carboxylic acid groups (broad SMARTS) is 1. The molecule has 0 atom stereocenters. The molecule has 14 heavy (non-hydrogen) atoms. The summed E-state index contributed by atoms with van der Waals surface area (Å²) in [5, 5.41) is 15.5. The fraction of sp³-hybridized carbons (Fsp3) is 0.625. The van der Waals surface area contributed by atoms with Gasteiger partial charge in [-0.1, -0.05) is 5.21 Å². The molecule has 1 aromatic rings. The van der Waals surface area contributed by atoms with Gasteiger partial charge in [0.1, 0.15) is 5.67 Å². The van der Waals surface area contributed by atoms with Gasteiger partial charge >= 0.3 is 5.97 Å². The molecule has 0 amide bonds. The third-order valence-electron chi connectivity index (χ3n) is 2.45. The van der Waals surface area contributed by atoms with Crippen molar-refractivity contribution < 1.29 is 14.3 Å². The van der Waals surface area contributed by atoms with Gasteiger partial charge < -0.3 is 5.11 Å². The van der Waals surface area contributed by atoms with Crippen LogP contribution in [0.25, 0.3) is 0 Å². The number of aromatic carboxylic acids is 1. The topological polar surface area (TPSA) is 68.0 Å². The summed E-state index contributed by atoms with van der Waals surface area (Å²) in [6.45, 7) is 0.104. The van der Waals surface area contributed by atoms with Gasteiger partial charge in [-0.2, -0.15) is 0 Å². The third kappa shape index (κ3) is 1.59. The maximum absolute atomic E-state index is 13.6. The number of carbonyl (C=O) groups is 1. The maximum Gasteiger partial charge on any atom is 0.358 e. The molecule has 1 N–H and O–H groups in total. The van der Waals surface area contributed by atoms with Crippen LogP contribution < -0.4 is 0 Å². The number of hydrogen-bond acceptors (Lipinski definition) is 3. The van der Waals surface area contributed by atoms with Crippen LogP contribution in [0.2, 0.25) is 0 Å². The number of halogens is 1. The summed E-state index contributed by atoms with van der Waals surface area (Å²) >= 11 is 0. The van der Waals surface area contributed by atoms with Crippen LogP contribution in [-0.2, 0) is 6.54 Å². The molecule has 1 fully saturated rings. The lowest BCUT2D eigenvalue weighted by atomic mass is 9.82. The quantitative estimate of drug-likeness (QED) is 0.784. The number of hydrogen-bond donors (Lipinski definition) is 1. The van der Waals surface area contributed by atoms with E-state index in [0.29, 0.717) is 12.8 Å². The number of nitrogens with zero attached hydrogens (tertiary/aromatic N) is 3. The Hall–Kier alpha value is -1.46. The zero-order valence-electron chi connectivity index (χ0n) is 7.48. The van der Waals surface area contributed by atoms with Crippen LogP contribution in [0.4, 0.5) is 4.39 Å². The van der Waals surface area contributed by atoms with Gasteiger partial charge in [0.05, 0.1) is 12.7 Å². The summed E-state index contributed by atoms with van der Waals surface area (Å²) in [7, 11) is 0. The van der Waals surface area contributed by atoms with Gasteiger partial charge in [-0.15, -0.1) is 5.10 Å². The molecule has 0 radical (unpaired) electrons. The van der Waals surface area contributed by atoms with Crippen LogP contribution in [0.5, 0.6) is 0 Å². The third-order valence-corrected chi connectivity index (χ3v) is 2.45. The van der Waals surface area contributed by atoms with Crippen LogP contribution >= 0.6 is 0 Å². The SMILES string of the molecule is O=C(O)c1cn(CC2(F)CCC2)nn1. The molecule has 1 saturated carbocycles. The predicted molar refractivity (Wildman–Crippen MR) is 44.7 cm³/mol. The minimum atomic E-state index is -1.20. The van der Waals surface area contributed by atoms with Crippen molar-refractivity contribution in [3.63, 3.8) is 0 Å². The lowest BCUT2D eigenvalue weighted by Gasteiger charge is -2.33. The van der Waals surface area contributed by atoms with Gasteiger partial charge in [-0.25, -0.2) is 13.9 Å². The predicted octanol–water partition coefficient (Wildman–Crippen LogP) is 0.868. The number of aromatic nitrogens is 3. The van der Waals surface area contributed by atoms with Crippen LogP contribution in [0.1, 0.15) is 29.8 Å². The van der Waals surface area contributed by atoms with E-state index in [1.54, 1.807) is 0 Å². The van der Waals surface area contributed by atoms with Gasteiger partial charge in [0, 0.05) is 0 Å². The molecule has 0 aliphatic heterocycles. The fourth-order valence-corrected chi connectivity index (χ4v) is 1.48. The van der Waals surface area contributed by atoms with Crippen LogP contribution in [0.15, 0.2) is 6.20 Å². The van der Waals surface area contributed by atoms with E-state index < -0.39 is 11.6 Å². The Bertz CT molecular complexity index is 359. The van der Waals surface area contributed by atoms with Gasteiger partial charge in [-0.05, 0) is 19.3 Å². The zero-order valence-corrected chi connectivity index (χ0v) is 7.48. The minimum Gasteiger partial charge on any atom is -0.476 e. The Balaban J connectivity index is 2.06. The molecule has 0 aromatic carbocycles. The molecular weight excluding hydrogens is 189 g/mol. The van der Waals surface area contributed by atoms with E-state index in [9.17, 15) is 9.18 Å². The fourth-order valence-electron chi connectivity index (χ4n) is 1.48. The molecule has 0 bridgehead atoms. The van der Waals surface area contributed by atoms with Gasteiger partial charge in [0.2, 0.25) is 0 Å². The Labute approximate surface area is 79.5 Å². The van der Waals surface area contributed by atoms with Crippen molar-refractivity contribution in [2.45, 2.75) is 31.5 Å². The van der Waals surface area contributed by atoms with Crippen molar-refractivity contribution in [1.82, 2.24) is 15.0 Å². The van der Waals surface area contributed by atoms with E-state index >= 15 is 0 Å². The highest BCUT2D eigenvalue weighted by Gasteiger charge is 2.37. The summed E-state index contributed by atoms with van der Waals surface area (Å²) < 4.78 is 14.8. The second kappa shape index (κ2) is 3.04. The highest BCUT2D eigenvalue weighted by Crippen LogP contribution is 2.36. The average molecular weight is 199 g/mol. The number of rotatable bonds is 3. The smallest absolute Gasteiger partial charge is 0.358 e.